The number of nitrogens with two attached hydrogens (primary N) is 1. The maximum Gasteiger partial charge on any atom is 0.253 e. The molecule has 2 amide bonds. The first-order valence-corrected chi connectivity index (χ1v) is 14.9. The van der Waals surface area contributed by atoms with Gasteiger partial charge in [-0.2, -0.15) is 0 Å². The van der Waals surface area contributed by atoms with E-state index >= 15 is 4.39 Å². The van der Waals surface area contributed by atoms with Gasteiger partial charge >= 0.3 is 0 Å². The summed E-state index contributed by atoms with van der Waals surface area (Å²) in [5.41, 5.74) is 9.07. The highest BCUT2D eigenvalue weighted by molar-refractivity contribution is 6.30. The van der Waals surface area contributed by atoms with Crippen molar-refractivity contribution >= 4 is 46.3 Å². The molecule has 0 unspecified atom stereocenters. The van der Waals surface area contributed by atoms with E-state index in [9.17, 15) is 18.4 Å². The summed E-state index contributed by atoms with van der Waals surface area (Å²) in [4.78, 5) is 30.7. The molecule has 0 spiro atoms. The second-order valence-corrected chi connectivity index (χ2v) is 11.5. The number of alkyl halides is 2. The zero-order valence-corrected chi connectivity index (χ0v) is 25.2. The number of likely N-dealkylation sites (tertiary alicyclic amines) is 1. The van der Waals surface area contributed by atoms with Crippen LogP contribution in [0.5, 0.6) is 0 Å². The Hall–Kier alpha value is -5.09. The SMILES string of the molecule is Nc1ccc(/C=C/C(=O)NCc2cc3cc(-c4ccc(C(=O)N5CCC(F)(F)CC5)cc4F)cc(-c4cccc(Cl)c4)c3o2)cn1. The Morgan fingerprint density at radius 2 is 1.80 bits per heavy atom. The van der Waals surface area contributed by atoms with Gasteiger partial charge in [-0.1, -0.05) is 29.8 Å². The standard InChI is InChI=1S/C35H28ClF3N4O3/c36-26-3-1-2-22(15-26)29-17-24(28-7-6-23(18-30(28)37)34(45)43-12-10-35(38,39)11-13-43)14-25-16-27(46-33(25)29)20-42-32(44)9-5-21-4-8-31(40)41-19-21/h1-9,14-19H,10-13,20H2,(H2,40,41)(H,42,44)/b9-5+. The largest absolute Gasteiger partial charge is 0.459 e. The molecule has 1 aliphatic rings. The summed E-state index contributed by atoms with van der Waals surface area (Å²) in [5.74, 6) is -3.41. The average molecular weight is 645 g/mol. The minimum absolute atomic E-state index is 0.0886. The van der Waals surface area contributed by atoms with Crippen LogP contribution in [0.15, 0.2) is 89.5 Å². The van der Waals surface area contributed by atoms with E-state index in [-0.39, 0.29) is 36.7 Å². The van der Waals surface area contributed by atoms with Crippen molar-refractivity contribution < 1.29 is 27.2 Å². The fourth-order valence-electron chi connectivity index (χ4n) is 5.34. The molecule has 11 heteroatoms. The lowest BCUT2D eigenvalue weighted by atomic mass is 9.95. The Morgan fingerprint density at radius 3 is 2.52 bits per heavy atom. The van der Waals surface area contributed by atoms with Gasteiger partial charge in [0, 0.05) is 65.3 Å². The molecule has 0 saturated carbocycles. The van der Waals surface area contributed by atoms with Crippen LogP contribution in [0.4, 0.5) is 19.0 Å². The number of rotatable bonds is 7. The lowest BCUT2D eigenvalue weighted by Crippen LogP contribution is -2.42. The fraction of sp³-hybridized carbons (Fsp3) is 0.171. The molecule has 0 aliphatic carbocycles. The third-order valence-electron chi connectivity index (χ3n) is 7.79. The Morgan fingerprint density at radius 1 is 1.00 bits per heavy atom. The van der Waals surface area contributed by atoms with Gasteiger partial charge in [-0.15, -0.1) is 0 Å². The molecule has 3 heterocycles. The Kier molecular flexibility index (Phi) is 8.55. The highest BCUT2D eigenvalue weighted by Crippen LogP contribution is 2.38. The van der Waals surface area contributed by atoms with E-state index in [1.165, 1.54) is 23.1 Å². The van der Waals surface area contributed by atoms with Crippen LogP contribution in [0.1, 0.15) is 34.5 Å². The Bertz CT molecular complexity index is 1960. The van der Waals surface area contributed by atoms with Crippen LogP contribution >= 0.6 is 11.6 Å². The normalized spacial score (nSPS) is 14.6. The van der Waals surface area contributed by atoms with Crippen molar-refractivity contribution in [1.29, 1.82) is 0 Å². The van der Waals surface area contributed by atoms with Crippen molar-refractivity contribution in [3.8, 4) is 22.3 Å². The summed E-state index contributed by atoms with van der Waals surface area (Å²) >= 11 is 6.29. The Balaban J connectivity index is 1.28. The number of hydrogen-bond acceptors (Lipinski definition) is 5. The lowest BCUT2D eigenvalue weighted by Gasteiger charge is -2.31. The number of benzene rings is 3. The molecular formula is C35H28ClF3N4O3. The fourth-order valence-corrected chi connectivity index (χ4v) is 5.53. The summed E-state index contributed by atoms with van der Waals surface area (Å²) in [6.07, 6.45) is 3.71. The van der Waals surface area contributed by atoms with Gasteiger partial charge in [-0.25, -0.2) is 18.2 Å². The summed E-state index contributed by atoms with van der Waals surface area (Å²) < 4.78 is 48.9. The molecule has 5 aromatic rings. The molecule has 6 rings (SSSR count). The number of carbonyl (C=O) groups is 2. The van der Waals surface area contributed by atoms with E-state index in [2.05, 4.69) is 10.3 Å². The summed E-state index contributed by atoms with van der Waals surface area (Å²) in [7, 11) is 0. The number of aromatic nitrogens is 1. The van der Waals surface area contributed by atoms with Crippen molar-refractivity contribution in [2.24, 2.45) is 0 Å². The maximum absolute atomic E-state index is 15.6. The zero-order chi connectivity index (χ0) is 32.4. The Labute approximate surface area is 267 Å². The van der Waals surface area contributed by atoms with Crippen molar-refractivity contribution in [3.63, 3.8) is 0 Å². The van der Waals surface area contributed by atoms with E-state index in [0.29, 0.717) is 44.3 Å². The number of piperidine rings is 1. The molecule has 46 heavy (non-hydrogen) atoms. The minimum atomic E-state index is -2.79. The van der Waals surface area contributed by atoms with Gasteiger partial charge in [0.2, 0.25) is 5.91 Å². The number of carbonyl (C=O) groups excluding carboxylic acids is 2. The molecule has 0 bridgehead atoms. The van der Waals surface area contributed by atoms with Gasteiger partial charge in [0.1, 0.15) is 23.0 Å². The van der Waals surface area contributed by atoms with Crippen molar-refractivity contribution in [3.05, 3.63) is 113 Å². The number of fused-ring (bicyclic) bond motifs is 1. The van der Waals surface area contributed by atoms with E-state index in [4.69, 9.17) is 21.8 Å². The van der Waals surface area contributed by atoms with Gasteiger partial charge < -0.3 is 20.4 Å². The molecule has 2 aromatic heterocycles. The van der Waals surface area contributed by atoms with Gasteiger partial charge in [0.05, 0.1) is 6.54 Å². The molecule has 234 valence electrons. The van der Waals surface area contributed by atoms with Crippen molar-refractivity contribution in [1.82, 2.24) is 15.2 Å². The smallest absolute Gasteiger partial charge is 0.253 e. The summed E-state index contributed by atoms with van der Waals surface area (Å²) in [5, 5.41) is 3.95. The van der Waals surface area contributed by atoms with Crippen LogP contribution in [-0.4, -0.2) is 40.7 Å². The van der Waals surface area contributed by atoms with E-state index in [1.54, 1.807) is 60.8 Å². The summed E-state index contributed by atoms with van der Waals surface area (Å²) in [6, 6.07) is 20.0. The van der Waals surface area contributed by atoms with Crippen LogP contribution in [0.3, 0.4) is 0 Å². The monoisotopic (exact) mass is 644 g/mol. The number of nitrogen functional groups attached to an aromatic ring is 1. The molecule has 7 nitrogen and oxygen atoms in total. The number of nitrogens with one attached hydrogen (secondary N) is 1. The number of halogens is 4. The van der Waals surface area contributed by atoms with Gasteiger partial charge in [-0.3, -0.25) is 9.59 Å². The van der Waals surface area contributed by atoms with E-state index < -0.39 is 30.5 Å². The van der Waals surface area contributed by atoms with Gasteiger partial charge in [0.15, 0.2) is 0 Å². The molecule has 3 aromatic carbocycles. The van der Waals surface area contributed by atoms with Crippen molar-refractivity contribution in [2.45, 2.75) is 25.3 Å². The predicted octanol–water partition coefficient (Wildman–Crippen LogP) is 7.74. The van der Waals surface area contributed by atoms with Crippen LogP contribution in [-0.2, 0) is 11.3 Å². The van der Waals surface area contributed by atoms with Crippen LogP contribution in [0, 0.1) is 5.82 Å². The van der Waals surface area contributed by atoms with Gasteiger partial charge in [0.25, 0.3) is 11.8 Å². The summed E-state index contributed by atoms with van der Waals surface area (Å²) in [6.45, 7) is -0.0846. The number of anilines is 1. The molecule has 0 radical (unpaired) electrons. The van der Waals surface area contributed by atoms with Crippen molar-refractivity contribution in [2.75, 3.05) is 18.8 Å². The number of pyridine rings is 1. The van der Waals surface area contributed by atoms with Crippen LogP contribution < -0.4 is 11.1 Å². The van der Waals surface area contributed by atoms with E-state index in [0.717, 1.165) is 11.6 Å². The number of amides is 2. The second kappa shape index (κ2) is 12.7. The molecule has 3 N–H and O–H groups in total. The molecule has 1 aliphatic heterocycles. The highest BCUT2D eigenvalue weighted by Gasteiger charge is 2.36. The topological polar surface area (TPSA) is 101 Å². The third-order valence-corrected chi connectivity index (χ3v) is 8.02. The number of furan rings is 1. The molecule has 1 fully saturated rings. The number of nitrogens with zero attached hydrogens (tertiary/aromatic N) is 2. The average Bonchev–Trinajstić information content (AvgIpc) is 3.46. The lowest BCUT2D eigenvalue weighted by molar-refractivity contribution is -0.116. The minimum Gasteiger partial charge on any atom is -0.459 e. The van der Waals surface area contributed by atoms with Gasteiger partial charge in [-0.05, 0) is 77.4 Å². The highest BCUT2D eigenvalue weighted by atomic mass is 35.5. The van der Waals surface area contributed by atoms with E-state index in [1.807, 2.05) is 6.07 Å². The molecular weight excluding hydrogens is 617 g/mol. The van der Waals surface area contributed by atoms with Crippen LogP contribution in [0.25, 0.3) is 39.3 Å². The first-order valence-electron chi connectivity index (χ1n) is 14.5. The second-order valence-electron chi connectivity index (χ2n) is 11.1. The molecule has 1 saturated heterocycles. The maximum atomic E-state index is 15.6. The molecule has 0 atom stereocenters. The first kappa shape index (κ1) is 30.9. The third kappa shape index (κ3) is 6.92. The first-order chi connectivity index (χ1) is 22.0. The zero-order valence-electron chi connectivity index (χ0n) is 24.4. The number of hydrogen-bond donors (Lipinski definition) is 2. The van der Waals surface area contributed by atoms with Crippen LogP contribution in [0.2, 0.25) is 5.02 Å². The quantitative estimate of drug-likeness (QED) is 0.177. The predicted molar refractivity (Wildman–Crippen MR) is 172 cm³/mol.